The molecule has 0 saturated heterocycles. The highest BCUT2D eigenvalue weighted by atomic mass is 16.4. The van der Waals surface area contributed by atoms with Gasteiger partial charge in [-0.3, -0.25) is 4.79 Å². The zero-order chi connectivity index (χ0) is 14.1. The standard InChI is InChI=1S/C14H11N3O3/c18-13-10(7-9-3-1-2-4-11(9)16-13)8-17-6-5-15-12(17)14(19)20/h1-7H,8H2,(H,16,18)(H,19,20). The number of rotatable bonds is 3. The van der Waals surface area contributed by atoms with E-state index >= 15 is 0 Å². The van der Waals surface area contributed by atoms with Gasteiger partial charge in [0.25, 0.3) is 5.56 Å². The van der Waals surface area contributed by atoms with E-state index in [9.17, 15) is 9.59 Å². The minimum Gasteiger partial charge on any atom is -0.475 e. The Balaban J connectivity index is 2.06. The van der Waals surface area contributed by atoms with Crippen molar-refractivity contribution in [2.75, 3.05) is 0 Å². The molecule has 2 heterocycles. The number of carboxylic acids is 1. The van der Waals surface area contributed by atoms with Crippen LogP contribution < -0.4 is 5.56 Å². The van der Waals surface area contributed by atoms with Gasteiger partial charge in [0.15, 0.2) is 0 Å². The lowest BCUT2D eigenvalue weighted by Gasteiger charge is -2.06. The Kier molecular flexibility index (Phi) is 2.83. The molecule has 0 aliphatic carbocycles. The van der Waals surface area contributed by atoms with Crippen molar-refractivity contribution in [2.45, 2.75) is 6.54 Å². The molecule has 2 aromatic heterocycles. The van der Waals surface area contributed by atoms with E-state index in [1.165, 1.54) is 17.0 Å². The smallest absolute Gasteiger partial charge is 0.372 e. The molecule has 6 nitrogen and oxygen atoms in total. The molecule has 0 atom stereocenters. The average molecular weight is 269 g/mol. The minimum absolute atomic E-state index is 0.0856. The highest BCUT2D eigenvalue weighted by Gasteiger charge is 2.12. The SMILES string of the molecule is O=C(O)c1nccn1Cc1cc2ccccc2[nH]c1=O. The number of hydrogen-bond donors (Lipinski definition) is 2. The average Bonchev–Trinajstić information content (AvgIpc) is 2.88. The van der Waals surface area contributed by atoms with Crippen LogP contribution in [0.3, 0.4) is 0 Å². The van der Waals surface area contributed by atoms with Crippen molar-refractivity contribution in [3.63, 3.8) is 0 Å². The molecule has 0 spiro atoms. The largest absolute Gasteiger partial charge is 0.475 e. The molecular formula is C14H11N3O3. The van der Waals surface area contributed by atoms with E-state index in [4.69, 9.17) is 5.11 Å². The molecule has 0 aliphatic rings. The number of H-pyrrole nitrogens is 1. The van der Waals surface area contributed by atoms with Crippen LogP contribution in [-0.2, 0) is 6.54 Å². The third-order valence-electron chi connectivity index (χ3n) is 3.08. The quantitative estimate of drug-likeness (QED) is 0.753. The number of fused-ring (bicyclic) bond motifs is 1. The molecule has 20 heavy (non-hydrogen) atoms. The highest BCUT2D eigenvalue weighted by molar-refractivity contribution is 5.83. The van der Waals surface area contributed by atoms with Gasteiger partial charge in [-0.15, -0.1) is 0 Å². The van der Waals surface area contributed by atoms with Crippen molar-refractivity contribution < 1.29 is 9.90 Å². The van der Waals surface area contributed by atoms with Crippen molar-refractivity contribution in [1.82, 2.24) is 14.5 Å². The van der Waals surface area contributed by atoms with Gasteiger partial charge >= 0.3 is 5.97 Å². The Labute approximate surface area is 113 Å². The Morgan fingerprint density at radius 1 is 1.35 bits per heavy atom. The maximum Gasteiger partial charge on any atom is 0.372 e. The third-order valence-corrected chi connectivity index (χ3v) is 3.08. The van der Waals surface area contributed by atoms with Crippen molar-refractivity contribution in [3.8, 4) is 0 Å². The summed E-state index contributed by atoms with van der Waals surface area (Å²) in [5.74, 6) is -1.20. The fraction of sp³-hybridized carbons (Fsp3) is 0.0714. The zero-order valence-electron chi connectivity index (χ0n) is 10.4. The van der Waals surface area contributed by atoms with E-state index in [2.05, 4.69) is 9.97 Å². The summed E-state index contributed by atoms with van der Waals surface area (Å²) >= 11 is 0. The van der Waals surface area contributed by atoms with Crippen LogP contribution in [0.2, 0.25) is 0 Å². The van der Waals surface area contributed by atoms with E-state index in [1.807, 2.05) is 24.3 Å². The molecule has 3 rings (SSSR count). The van der Waals surface area contributed by atoms with Crippen LogP contribution in [0, 0.1) is 0 Å². The number of nitrogens with zero attached hydrogens (tertiary/aromatic N) is 2. The molecule has 0 bridgehead atoms. The van der Waals surface area contributed by atoms with Crippen LogP contribution in [0.15, 0.2) is 47.5 Å². The van der Waals surface area contributed by atoms with E-state index in [0.29, 0.717) is 5.56 Å². The van der Waals surface area contributed by atoms with Crippen LogP contribution >= 0.6 is 0 Å². The van der Waals surface area contributed by atoms with Gasteiger partial charge in [-0.25, -0.2) is 9.78 Å². The molecule has 0 fully saturated rings. The first-order chi connectivity index (χ1) is 9.65. The number of nitrogens with one attached hydrogen (secondary N) is 1. The summed E-state index contributed by atoms with van der Waals surface area (Å²) in [4.78, 5) is 29.5. The van der Waals surface area contributed by atoms with E-state index in [-0.39, 0.29) is 17.9 Å². The lowest BCUT2D eigenvalue weighted by Crippen LogP contribution is -2.18. The topological polar surface area (TPSA) is 88.0 Å². The number of imidazole rings is 1. The molecule has 0 saturated carbocycles. The van der Waals surface area contributed by atoms with Crippen molar-refractivity contribution in [2.24, 2.45) is 0 Å². The summed E-state index contributed by atoms with van der Waals surface area (Å²) in [6.07, 6.45) is 2.94. The predicted octanol–water partition coefficient (Wildman–Crippen LogP) is 1.47. The number of para-hydroxylation sites is 1. The predicted molar refractivity (Wildman–Crippen MR) is 72.9 cm³/mol. The first-order valence-electron chi connectivity index (χ1n) is 6.00. The number of aromatic nitrogens is 3. The van der Waals surface area contributed by atoms with Gasteiger partial charge in [-0.1, -0.05) is 18.2 Å². The van der Waals surface area contributed by atoms with Crippen LogP contribution in [0.25, 0.3) is 10.9 Å². The van der Waals surface area contributed by atoms with Crippen molar-refractivity contribution >= 4 is 16.9 Å². The normalized spacial score (nSPS) is 10.8. The summed E-state index contributed by atoms with van der Waals surface area (Å²) in [6, 6.07) is 9.20. The number of carboxylic acid groups (broad SMARTS) is 1. The third kappa shape index (κ3) is 2.07. The second-order valence-corrected chi connectivity index (χ2v) is 4.39. The Hall–Kier alpha value is -2.89. The number of aromatic carboxylic acids is 1. The summed E-state index contributed by atoms with van der Waals surface area (Å²) < 4.78 is 1.43. The Morgan fingerprint density at radius 2 is 2.15 bits per heavy atom. The molecule has 1 aromatic carbocycles. The number of carbonyl (C=O) groups is 1. The second kappa shape index (κ2) is 4.65. The van der Waals surface area contributed by atoms with Crippen molar-refractivity contribution in [1.29, 1.82) is 0 Å². The zero-order valence-corrected chi connectivity index (χ0v) is 10.4. The van der Waals surface area contributed by atoms with E-state index in [1.54, 1.807) is 6.07 Å². The van der Waals surface area contributed by atoms with Gasteiger partial charge in [-0.2, -0.15) is 0 Å². The van der Waals surface area contributed by atoms with Crippen LogP contribution in [0.5, 0.6) is 0 Å². The van der Waals surface area contributed by atoms with Crippen LogP contribution in [0.1, 0.15) is 16.2 Å². The van der Waals surface area contributed by atoms with Gasteiger partial charge < -0.3 is 14.7 Å². The van der Waals surface area contributed by atoms with Gasteiger partial charge in [0.1, 0.15) is 0 Å². The maximum absolute atomic E-state index is 12.0. The highest BCUT2D eigenvalue weighted by Crippen LogP contribution is 2.11. The maximum atomic E-state index is 12.0. The molecule has 2 N–H and O–H groups in total. The number of hydrogen-bond acceptors (Lipinski definition) is 3. The number of benzene rings is 1. The first-order valence-corrected chi connectivity index (χ1v) is 6.00. The molecule has 0 unspecified atom stereocenters. The minimum atomic E-state index is -1.12. The monoisotopic (exact) mass is 269 g/mol. The fourth-order valence-electron chi connectivity index (χ4n) is 2.13. The van der Waals surface area contributed by atoms with Crippen LogP contribution in [-0.4, -0.2) is 25.6 Å². The number of pyridine rings is 1. The first kappa shape index (κ1) is 12.2. The fourth-order valence-corrected chi connectivity index (χ4v) is 2.13. The Morgan fingerprint density at radius 3 is 2.95 bits per heavy atom. The summed E-state index contributed by atoms with van der Waals surface area (Å²) in [5, 5.41) is 9.91. The molecule has 0 amide bonds. The van der Waals surface area contributed by atoms with Crippen LogP contribution in [0.4, 0.5) is 0 Å². The summed E-state index contributed by atoms with van der Waals surface area (Å²) in [7, 11) is 0. The van der Waals surface area contributed by atoms with Crippen molar-refractivity contribution in [3.05, 3.63) is 64.5 Å². The Bertz CT molecular complexity index is 848. The lowest BCUT2D eigenvalue weighted by molar-refractivity contribution is 0.0679. The molecule has 6 heteroatoms. The van der Waals surface area contributed by atoms with E-state index < -0.39 is 5.97 Å². The lowest BCUT2D eigenvalue weighted by atomic mass is 10.1. The molecular weight excluding hydrogens is 258 g/mol. The van der Waals surface area contributed by atoms with Gasteiger partial charge in [0.05, 0.1) is 6.54 Å². The van der Waals surface area contributed by atoms with E-state index in [0.717, 1.165) is 10.9 Å². The summed E-state index contributed by atoms with van der Waals surface area (Å²) in [6.45, 7) is 0.168. The molecule has 100 valence electrons. The second-order valence-electron chi connectivity index (χ2n) is 4.39. The molecule has 0 aliphatic heterocycles. The van der Waals surface area contributed by atoms with Gasteiger partial charge in [-0.05, 0) is 17.5 Å². The molecule has 0 radical (unpaired) electrons. The summed E-state index contributed by atoms with van der Waals surface area (Å²) in [5.41, 5.74) is 1.02. The number of aromatic amines is 1. The molecule has 3 aromatic rings. The van der Waals surface area contributed by atoms with Gasteiger partial charge in [0.2, 0.25) is 5.82 Å². The van der Waals surface area contributed by atoms with Gasteiger partial charge in [0, 0.05) is 23.5 Å².